The van der Waals surface area contributed by atoms with Crippen molar-refractivity contribution in [2.24, 2.45) is 5.73 Å². The third-order valence-electron chi connectivity index (χ3n) is 2.97. The molecule has 2 aromatic rings. The summed E-state index contributed by atoms with van der Waals surface area (Å²) in [5, 5.41) is 20.6. The van der Waals surface area contributed by atoms with Crippen LogP contribution < -0.4 is 5.73 Å². The van der Waals surface area contributed by atoms with Crippen LogP contribution in [0.1, 0.15) is 10.4 Å². The van der Waals surface area contributed by atoms with Crippen molar-refractivity contribution >= 4 is 17.3 Å². The molecule has 0 unspecified atom stereocenters. The van der Waals surface area contributed by atoms with E-state index in [9.17, 15) is 15.0 Å². The van der Waals surface area contributed by atoms with Gasteiger partial charge >= 0.3 is 5.97 Å². The molecular weight excluding hydrogens is 290 g/mol. The fourth-order valence-corrected chi connectivity index (χ4v) is 2.54. The lowest BCUT2D eigenvalue weighted by Gasteiger charge is -2.12. The molecule has 0 bridgehead atoms. The molecule has 0 spiro atoms. The summed E-state index contributed by atoms with van der Waals surface area (Å²) in [6.45, 7) is 0.299. The van der Waals surface area contributed by atoms with Crippen molar-refractivity contribution in [2.45, 2.75) is 18.9 Å². The Kier molecular flexibility index (Phi) is 5.19. The van der Waals surface area contributed by atoms with E-state index < -0.39 is 12.0 Å². The molecule has 0 amide bonds. The fraction of sp³-hybridized carbons (Fsp3) is 0.267. The maximum atomic E-state index is 11.8. The first-order valence-corrected chi connectivity index (χ1v) is 7.39. The predicted octanol–water partition coefficient (Wildman–Crippen LogP) is 1.81. The van der Waals surface area contributed by atoms with Gasteiger partial charge in [-0.05, 0) is 35.6 Å². The minimum Gasteiger partial charge on any atom is -0.504 e. The van der Waals surface area contributed by atoms with E-state index in [4.69, 9.17) is 10.5 Å². The minimum absolute atomic E-state index is 0.203. The van der Waals surface area contributed by atoms with Gasteiger partial charge in [-0.25, -0.2) is 0 Å². The van der Waals surface area contributed by atoms with E-state index >= 15 is 0 Å². The zero-order valence-corrected chi connectivity index (χ0v) is 12.2. The molecule has 0 aliphatic heterocycles. The van der Waals surface area contributed by atoms with Gasteiger partial charge in [0, 0.05) is 11.3 Å². The Balaban J connectivity index is 1.80. The van der Waals surface area contributed by atoms with Crippen LogP contribution in [0.3, 0.4) is 0 Å². The van der Waals surface area contributed by atoms with Crippen LogP contribution in [-0.4, -0.2) is 28.8 Å². The molecule has 6 heteroatoms. The lowest BCUT2D eigenvalue weighted by Crippen LogP contribution is -2.34. The molecule has 1 aromatic heterocycles. The van der Waals surface area contributed by atoms with Crippen LogP contribution in [0.5, 0.6) is 11.5 Å². The Morgan fingerprint density at radius 2 is 2.10 bits per heavy atom. The number of phenols is 2. The van der Waals surface area contributed by atoms with Crippen molar-refractivity contribution in [3.05, 3.63) is 46.2 Å². The number of hydrogen-bond acceptors (Lipinski definition) is 6. The largest absolute Gasteiger partial charge is 0.504 e. The van der Waals surface area contributed by atoms with Crippen LogP contribution in [0, 0.1) is 0 Å². The molecule has 2 rings (SSSR count). The van der Waals surface area contributed by atoms with Gasteiger partial charge in [-0.1, -0.05) is 12.1 Å². The van der Waals surface area contributed by atoms with Gasteiger partial charge in [0.25, 0.3) is 0 Å². The van der Waals surface area contributed by atoms with Crippen LogP contribution in [0.2, 0.25) is 0 Å². The second-order valence-electron chi connectivity index (χ2n) is 4.63. The van der Waals surface area contributed by atoms with Crippen LogP contribution in [-0.2, 0) is 22.4 Å². The molecule has 5 nitrogen and oxygen atoms in total. The van der Waals surface area contributed by atoms with Crippen molar-refractivity contribution in [3.63, 3.8) is 0 Å². The molecule has 0 aliphatic carbocycles. The van der Waals surface area contributed by atoms with Crippen LogP contribution in [0.15, 0.2) is 35.7 Å². The summed E-state index contributed by atoms with van der Waals surface area (Å²) in [5.74, 6) is -0.907. The Morgan fingerprint density at radius 3 is 2.76 bits per heavy atom. The number of thiophene rings is 1. The highest BCUT2D eigenvalue weighted by Gasteiger charge is 2.16. The molecule has 1 heterocycles. The van der Waals surface area contributed by atoms with Gasteiger partial charge in [0.2, 0.25) is 0 Å². The van der Waals surface area contributed by atoms with Crippen molar-refractivity contribution in [2.75, 3.05) is 6.61 Å². The van der Waals surface area contributed by atoms with Crippen LogP contribution in [0.25, 0.3) is 0 Å². The summed E-state index contributed by atoms with van der Waals surface area (Å²) >= 11 is 1.61. The van der Waals surface area contributed by atoms with Gasteiger partial charge in [0.05, 0.1) is 6.61 Å². The van der Waals surface area contributed by atoms with Crippen molar-refractivity contribution < 1.29 is 19.7 Å². The van der Waals surface area contributed by atoms with E-state index in [0.717, 1.165) is 4.88 Å². The average Bonchev–Trinajstić information content (AvgIpc) is 2.96. The standard InChI is InChI=1S/C15H17NO4S/c16-12(8-10-3-4-13(17)14(18)9-10)15(19)20-6-5-11-2-1-7-21-11/h1-4,7,9,12,17-18H,5-6,8,16H2/t12-/m0/s1. The van der Waals surface area contributed by atoms with E-state index in [0.29, 0.717) is 18.6 Å². The number of esters is 1. The molecule has 4 N–H and O–H groups in total. The predicted molar refractivity (Wildman–Crippen MR) is 80.4 cm³/mol. The van der Waals surface area contributed by atoms with Gasteiger partial charge in [-0.15, -0.1) is 11.3 Å². The second-order valence-corrected chi connectivity index (χ2v) is 5.66. The summed E-state index contributed by atoms with van der Waals surface area (Å²) in [6.07, 6.45) is 0.918. The number of carbonyl (C=O) groups is 1. The molecule has 0 radical (unpaired) electrons. The first-order valence-electron chi connectivity index (χ1n) is 6.51. The maximum absolute atomic E-state index is 11.8. The van der Waals surface area contributed by atoms with Gasteiger partial charge in [-0.3, -0.25) is 4.79 Å². The average molecular weight is 307 g/mol. The Labute approximate surface area is 126 Å². The third kappa shape index (κ3) is 4.47. The fourth-order valence-electron chi connectivity index (χ4n) is 1.85. The van der Waals surface area contributed by atoms with Gasteiger partial charge < -0.3 is 20.7 Å². The van der Waals surface area contributed by atoms with Crippen LogP contribution in [0.4, 0.5) is 0 Å². The Hall–Kier alpha value is -2.05. The van der Waals surface area contributed by atoms with Crippen LogP contribution >= 0.6 is 11.3 Å². The topological polar surface area (TPSA) is 92.8 Å². The molecule has 0 saturated carbocycles. The molecule has 21 heavy (non-hydrogen) atoms. The zero-order chi connectivity index (χ0) is 15.2. The van der Waals surface area contributed by atoms with Gasteiger partial charge in [0.15, 0.2) is 11.5 Å². The molecule has 0 fully saturated rings. The normalized spacial score (nSPS) is 12.0. The lowest BCUT2D eigenvalue weighted by molar-refractivity contribution is -0.145. The first-order chi connectivity index (χ1) is 10.1. The summed E-state index contributed by atoms with van der Waals surface area (Å²) < 4.78 is 5.13. The minimum atomic E-state index is -0.794. The second kappa shape index (κ2) is 7.10. The number of rotatable bonds is 6. The van der Waals surface area contributed by atoms with Gasteiger partial charge in [-0.2, -0.15) is 0 Å². The van der Waals surface area contributed by atoms with E-state index in [1.54, 1.807) is 17.4 Å². The maximum Gasteiger partial charge on any atom is 0.323 e. The number of phenolic OH excluding ortho intramolecular Hbond substituents is 2. The summed E-state index contributed by atoms with van der Waals surface area (Å²) in [5.41, 5.74) is 6.44. The quantitative estimate of drug-likeness (QED) is 0.559. The van der Waals surface area contributed by atoms with E-state index in [2.05, 4.69) is 0 Å². The van der Waals surface area contributed by atoms with Crippen molar-refractivity contribution in [1.29, 1.82) is 0 Å². The first kappa shape index (κ1) is 15.3. The summed E-state index contributed by atoms with van der Waals surface area (Å²) in [4.78, 5) is 12.9. The van der Waals surface area contributed by atoms with Crippen molar-refractivity contribution in [1.82, 2.24) is 0 Å². The SMILES string of the molecule is N[C@@H](Cc1ccc(O)c(O)c1)C(=O)OCCc1cccs1. The number of benzene rings is 1. The van der Waals surface area contributed by atoms with E-state index in [-0.39, 0.29) is 17.9 Å². The number of aromatic hydroxyl groups is 2. The molecule has 112 valence electrons. The monoisotopic (exact) mass is 307 g/mol. The number of nitrogens with two attached hydrogens (primary N) is 1. The van der Waals surface area contributed by atoms with E-state index in [1.807, 2.05) is 17.5 Å². The Morgan fingerprint density at radius 1 is 1.29 bits per heavy atom. The molecular formula is C15H17NO4S. The van der Waals surface area contributed by atoms with Crippen molar-refractivity contribution in [3.8, 4) is 11.5 Å². The smallest absolute Gasteiger partial charge is 0.323 e. The number of ether oxygens (including phenoxy) is 1. The summed E-state index contributed by atoms with van der Waals surface area (Å²) in [6, 6.07) is 7.49. The highest BCUT2D eigenvalue weighted by atomic mass is 32.1. The third-order valence-corrected chi connectivity index (χ3v) is 3.91. The molecule has 0 saturated heterocycles. The number of hydrogen-bond donors (Lipinski definition) is 3. The highest BCUT2D eigenvalue weighted by molar-refractivity contribution is 7.09. The zero-order valence-electron chi connectivity index (χ0n) is 11.4. The van der Waals surface area contributed by atoms with E-state index in [1.165, 1.54) is 12.1 Å². The van der Waals surface area contributed by atoms with Gasteiger partial charge in [0.1, 0.15) is 6.04 Å². The lowest BCUT2D eigenvalue weighted by atomic mass is 10.1. The molecule has 1 atom stereocenters. The summed E-state index contributed by atoms with van der Waals surface area (Å²) in [7, 11) is 0. The molecule has 1 aromatic carbocycles. The number of carbonyl (C=O) groups excluding carboxylic acids is 1. The Bertz CT molecular complexity index is 598. The molecule has 0 aliphatic rings. The highest BCUT2D eigenvalue weighted by Crippen LogP contribution is 2.25.